The molecule has 10 heteroatoms. The molecule has 1 aliphatic carbocycles. The van der Waals surface area contributed by atoms with E-state index in [1.807, 2.05) is 0 Å². The van der Waals surface area contributed by atoms with Gasteiger partial charge in [0, 0.05) is 25.0 Å². The fourth-order valence-corrected chi connectivity index (χ4v) is 7.39. The SMILES string of the molecule is O=C(CNC(=O)C1CCN(S(=O)(=O)c2ccc(Br)s2)CC1)NC1CCCCC1. The fraction of sp³-hybridized carbons (Fsp3) is 0.667. The number of hydrogen-bond donors (Lipinski definition) is 2. The molecule has 1 aromatic heterocycles. The minimum Gasteiger partial charge on any atom is -0.352 e. The summed E-state index contributed by atoms with van der Waals surface area (Å²) in [5.41, 5.74) is 0. The molecular formula is C18H26BrN3O4S2. The molecule has 0 unspecified atom stereocenters. The van der Waals surface area contributed by atoms with Gasteiger partial charge in [0.25, 0.3) is 10.0 Å². The molecule has 2 fully saturated rings. The Hall–Kier alpha value is -0.970. The van der Waals surface area contributed by atoms with Crippen LogP contribution in [0.2, 0.25) is 0 Å². The van der Waals surface area contributed by atoms with E-state index in [0.717, 1.165) is 29.5 Å². The van der Waals surface area contributed by atoms with Crippen molar-refractivity contribution < 1.29 is 18.0 Å². The van der Waals surface area contributed by atoms with Crippen molar-refractivity contribution in [1.82, 2.24) is 14.9 Å². The summed E-state index contributed by atoms with van der Waals surface area (Å²) in [6.07, 6.45) is 6.44. The van der Waals surface area contributed by atoms with Crippen LogP contribution < -0.4 is 10.6 Å². The maximum Gasteiger partial charge on any atom is 0.252 e. The van der Waals surface area contributed by atoms with Gasteiger partial charge < -0.3 is 10.6 Å². The first-order chi connectivity index (χ1) is 13.4. The standard InChI is InChI=1S/C18H26BrN3O4S2/c19-15-6-7-17(27-15)28(25,26)22-10-8-13(9-11-22)18(24)20-12-16(23)21-14-4-2-1-3-5-14/h6-7,13-14H,1-5,8-12H2,(H,20,24)(H,21,23). The van der Waals surface area contributed by atoms with E-state index in [1.165, 1.54) is 22.1 Å². The summed E-state index contributed by atoms with van der Waals surface area (Å²) in [6.45, 7) is 0.603. The highest BCUT2D eigenvalue weighted by molar-refractivity contribution is 9.11. The summed E-state index contributed by atoms with van der Waals surface area (Å²) >= 11 is 4.47. The van der Waals surface area contributed by atoms with Gasteiger partial charge in [0.2, 0.25) is 11.8 Å². The number of hydrogen-bond acceptors (Lipinski definition) is 5. The Morgan fingerprint density at radius 1 is 1.11 bits per heavy atom. The Morgan fingerprint density at radius 2 is 1.79 bits per heavy atom. The zero-order valence-corrected chi connectivity index (χ0v) is 18.9. The van der Waals surface area contributed by atoms with Crippen LogP contribution in [0.15, 0.2) is 20.1 Å². The van der Waals surface area contributed by atoms with Crippen LogP contribution >= 0.6 is 27.3 Å². The lowest BCUT2D eigenvalue weighted by molar-refractivity contribution is -0.129. The third-order valence-electron chi connectivity index (χ3n) is 5.36. The van der Waals surface area contributed by atoms with Gasteiger partial charge in [0.1, 0.15) is 4.21 Å². The quantitative estimate of drug-likeness (QED) is 0.638. The second kappa shape index (κ2) is 9.69. The van der Waals surface area contributed by atoms with Gasteiger partial charge in [-0.2, -0.15) is 4.31 Å². The van der Waals surface area contributed by atoms with Crippen molar-refractivity contribution in [2.75, 3.05) is 19.6 Å². The van der Waals surface area contributed by atoms with Crippen LogP contribution in [0, 0.1) is 5.92 Å². The molecule has 2 aliphatic rings. The molecule has 2 N–H and O–H groups in total. The van der Waals surface area contributed by atoms with Crippen LogP contribution in [-0.2, 0) is 19.6 Å². The van der Waals surface area contributed by atoms with Gasteiger partial charge in [-0.05, 0) is 53.7 Å². The number of amides is 2. The maximum absolute atomic E-state index is 12.6. The number of thiophene rings is 1. The number of carbonyl (C=O) groups excluding carboxylic acids is 2. The first-order valence-electron chi connectivity index (χ1n) is 9.69. The zero-order chi connectivity index (χ0) is 20.1. The van der Waals surface area contributed by atoms with Gasteiger partial charge in [0.05, 0.1) is 10.3 Å². The molecule has 1 saturated heterocycles. The van der Waals surface area contributed by atoms with E-state index < -0.39 is 10.0 Å². The zero-order valence-electron chi connectivity index (χ0n) is 15.7. The smallest absolute Gasteiger partial charge is 0.252 e. The van der Waals surface area contributed by atoms with Crippen molar-refractivity contribution in [3.8, 4) is 0 Å². The number of nitrogens with one attached hydrogen (secondary N) is 2. The van der Waals surface area contributed by atoms with Crippen LogP contribution in [0.25, 0.3) is 0 Å². The molecule has 2 amide bonds. The van der Waals surface area contributed by atoms with Gasteiger partial charge >= 0.3 is 0 Å². The van der Waals surface area contributed by atoms with Gasteiger partial charge in [-0.1, -0.05) is 19.3 Å². The Bertz CT molecular complexity index is 798. The third-order valence-corrected chi connectivity index (χ3v) is 9.35. The summed E-state index contributed by atoms with van der Waals surface area (Å²) in [5.74, 6) is -0.581. The second-order valence-corrected chi connectivity index (χ2v) is 12.0. The minimum absolute atomic E-state index is 0.0168. The molecule has 3 rings (SSSR count). The predicted molar refractivity (Wildman–Crippen MR) is 112 cm³/mol. The number of carbonyl (C=O) groups is 2. The second-order valence-electron chi connectivity index (χ2n) is 7.36. The molecule has 1 aliphatic heterocycles. The number of rotatable bonds is 6. The van der Waals surface area contributed by atoms with E-state index in [1.54, 1.807) is 12.1 Å². The van der Waals surface area contributed by atoms with Crippen LogP contribution in [-0.4, -0.2) is 50.2 Å². The number of sulfonamides is 1. The van der Waals surface area contributed by atoms with Gasteiger partial charge in [-0.25, -0.2) is 8.42 Å². The lowest BCUT2D eigenvalue weighted by Gasteiger charge is -2.30. The molecule has 0 atom stereocenters. The molecule has 0 spiro atoms. The lowest BCUT2D eigenvalue weighted by atomic mass is 9.95. The molecule has 28 heavy (non-hydrogen) atoms. The molecule has 2 heterocycles. The van der Waals surface area contributed by atoms with Crippen molar-refractivity contribution in [2.24, 2.45) is 5.92 Å². The monoisotopic (exact) mass is 491 g/mol. The van der Waals surface area contributed by atoms with Gasteiger partial charge in [0.15, 0.2) is 0 Å². The van der Waals surface area contributed by atoms with Crippen molar-refractivity contribution >= 4 is 49.1 Å². The Balaban J connectivity index is 1.43. The van der Waals surface area contributed by atoms with E-state index in [2.05, 4.69) is 26.6 Å². The predicted octanol–water partition coefficient (Wildman–Crippen LogP) is 2.48. The summed E-state index contributed by atoms with van der Waals surface area (Å²) < 4.78 is 27.8. The normalized spacial score (nSPS) is 20.0. The highest BCUT2D eigenvalue weighted by atomic mass is 79.9. The number of nitrogens with zero attached hydrogens (tertiary/aromatic N) is 1. The minimum atomic E-state index is -3.51. The third kappa shape index (κ3) is 5.55. The largest absolute Gasteiger partial charge is 0.352 e. The molecular weight excluding hydrogens is 466 g/mol. The van der Waals surface area contributed by atoms with Crippen molar-refractivity contribution in [3.63, 3.8) is 0 Å². The van der Waals surface area contributed by atoms with Crippen molar-refractivity contribution in [2.45, 2.75) is 55.2 Å². The highest BCUT2D eigenvalue weighted by Gasteiger charge is 2.33. The average Bonchev–Trinajstić information content (AvgIpc) is 3.14. The summed E-state index contributed by atoms with van der Waals surface area (Å²) in [5, 5.41) is 5.69. The van der Waals surface area contributed by atoms with Crippen LogP contribution in [0.1, 0.15) is 44.9 Å². The van der Waals surface area contributed by atoms with E-state index in [-0.39, 0.29) is 30.3 Å². The summed E-state index contributed by atoms with van der Waals surface area (Å²) in [7, 11) is -3.51. The number of piperidine rings is 1. The van der Waals surface area contributed by atoms with Gasteiger partial charge in [-0.15, -0.1) is 11.3 Å². The summed E-state index contributed by atoms with van der Waals surface area (Å²) in [6, 6.07) is 3.54. The molecule has 1 aromatic rings. The summed E-state index contributed by atoms with van der Waals surface area (Å²) in [4.78, 5) is 24.4. The van der Waals surface area contributed by atoms with Gasteiger partial charge in [-0.3, -0.25) is 9.59 Å². The lowest BCUT2D eigenvalue weighted by Crippen LogP contribution is -2.46. The fourth-order valence-electron chi connectivity index (χ4n) is 3.76. The average molecular weight is 492 g/mol. The molecule has 156 valence electrons. The Kier molecular flexibility index (Phi) is 7.52. The van der Waals surface area contributed by atoms with E-state index >= 15 is 0 Å². The molecule has 7 nitrogen and oxygen atoms in total. The van der Waals surface area contributed by atoms with E-state index in [9.17, 15) is 18.0 Å². The molecule has 0 aromatic carbocycles. The van der Waals surface area contributed by atoms with E-state index in [0.29, 0.717) is 30.1 Å². The van der Waals surface area contributed by atoms with E-state index in [4.69, 9.17) is 0 Å². The molecule has 0 bridgehead atoms. The van der Waals surface area contributed by atoms with Crippen LogP contribution in [0.4, 0.5) is 0 Å². The van der Waals surface area contributed by atoms with Crippen LogP contribution in [0.5, 0.6) is 0 Å². The van der Waals surface area contributed by atoms with Crippen molar-refractivity contribution in [3.05, 3.63) is 15.9 Å². The highest BCUT2D eigenvalue weighted by Crippen LogP contribution is 2.30. The topological polar surface area (TPSA) is 95.6 Å². The Labute approximate surface area is 178 Å². The van der Waals surface area contributed by atoms with Crippen molar-refractivity contribution in [1.29, 1.82) is 0 Å². The molecule has 0 radical (unpaired) electrons. The van der Waals surface area contributed by atoms with Crippen LogP contribution in [0.3, 0.4) is 0 Å². The number of halogens is 1. The Morgan fingerprint density at radius 3 is 2.39 bits per heavy atom. The maximum atomic E-state index is 12.6. The molecule has 1 saturated carbocycles. The first kappa shape index (κ1) is 21.7. The first-order valence-corrected chi connectivity index (χ1v) is 12.7.